The maximum Gasteiger partial charge on any atom is 0.231 e. The molecule has 0 spiro atoms. The van der Waals surface area contributed by atoms with Crippen molar-refractivity contribution in [1.82, 2.24) is 5.32 Å². The summed E-state index contributed by atoms with van der Waals surface area (Å²) in [5.74, 6) is 1.29. The molecule has 0 radical (unpaired) electrons. The standard InChI is InChI=1S/C7H13NOS/c1-5(2)7(3)8-6(9)4-10-7/h5H,4H2,1-3H3,(H,8,9)/t7-/m0/s1. The molecule has 1 atom stereocenters. The highest BCUT2D eigenvalue weighted by Crippen LogP contribution is 2.33. The first-order valence-corrected chi connectivity index (χ1v) is 4.48. The van der Waals surface area contributed by atoms with Crippen LogP contribution in [0.3, 0.4) is 0 Å². The van der Waals surface area contributed by atoms with Crippen molar-refractivity contribution in [2.45, 2.75) is 25.6 Å². The fourth-order valence-corrected chi connectivity index (χ4v) is 1.90. The van der Waals surface area contributed by atoms with Crippen LogP contribution in [-0.2, 0) is 4.79 Å². The zero-order valence-corrected chi connectivity index (χ0v) is 7.42. The van der Waals surface area contributed by atoms with Crippen LogP contribution in [-0.4, -0.2) is 16.5 Å². The lowest BCUT2D eigenvalue weighted by Crippen LogP contribution is -2.41. The predicted octanol–water partition coefficient (Wildman–Crippen LogP) is 1.22. The van der Waals surface area contributed by atoms with Crippen molar-refractivity contribution in [3.63, 3.8) is 0 Å². The number of rotatable bonds is 1. The van der Waals surface area contributed by atoms with Crippen LogP contribution in [0.5, 0.6) is 0 Å². The Morgan fingerprint density at radius 1 is 1.70 bits per heavy atom. The number of thioether (sulfide) groups is 1. The molecule has 3 heteroatoms. The smallest absolute Gasteiger partial charge is 0.231 e. The summed E-state index contributed by atoms with van der Waals surface area (Å²) in [6, 6.07) is 0. The van der Waals surface area contributed by atoms with Gasteiger partial charge in [0.2, 0.25) is 5.91 Å². The first kappa shape index (κ1) is 7.92. The number of carbonyl (C=O) groups is 1. The SMILES string of the molecule is CC(C)[C@@]1(C)NC(=O)CS1. The molecular formula is C7H13NOS. The molecule has 1 rings (SSSR count). The van der Waals surface area contributed by atoms with Gasteiger partial charge in [-0.15, -0.1) is 11.8 Å². The highest BCUT2D eigenvalue weighted by atomic mass is 32.2. The summed E-state index contributed by atoms with van der Waals surface area (Å²) in [5, 5.41) is 2.95. The van der Waals surface area contributed by atoms with E-state index in [9.17, 15) is 4.79 Å². The molecule has 0 saturated carbocycles. The Hall–Kier alpha value is -0.180. The number of nitrogens with one attached hydrogen (secondary N) is 1. The van der Waals surface area contributed by atoms with E-state index in [-0.39, 0.29) is 10.8 Å². The van der Waals surface area contributed by atoms with Crippen LogP contribution in [0, 0.1) is 5.92 Å². The van der Waals surface area contributed by atoms with E-state index in [1.807, 2.05) is 0 Å². The lowest BCUT2D eigenvalue weighted by Gasteiger charge is -2.27. The van der Waals surface area contributed by atoms with Crippen molar-refractivity contribution >= 4 is 17.7 Å². The van der Waals surface area contributed by atoms with E-state index in [4.69, 9.17) is 0 Å². The zero-order valence-electron chi connectivity index (χ0n) is 6.60. The van der Waals surface area contributed by atoms with Crippen molar-refractivity contribution in [3.8, 4) is 0 Å². The van der Waals surface area contributed by atoms with E-state index in [1.54, 1.807) is 11.8 Å². The van der Waals surface area contributed by atoms with Gasteiger partial charge in [-0.3, -0.25) is 4.79 Å². The molecule has 10 heavy (non-hydrogen) atoms. The summed E-state index contributed by atoms with van der Waals surface area (Å²) in [6.45, 7) is 6.32. The average molecular weight is 159 g/mol. The van der Waals surface area contributed by atoms with Crippen LogP contribution in [0.2, 0.25) is 0 Å². The van der Waals surface area contributed by atoms with Gasteiger partial charge in [0.25, 0.3) is 0 Å². The largest absolute Gasteiger partial charge is 0.341 e. The molecule has 0 unspecified atom stereocenters. The monoisotopic (exact) mass is 159 g/mol. The van der Waals surface area contributed by atoms with Gasteiger partial charge in [-0.05, 0) is 12.8 Å². The van der Waals surface area contributed by atoms with E-state index >= 15 is 0 Å². The fourth-order valence-electron chi connectivity index (χ4n) is 0.875. The second-order valence-corrected chi connectivity index (χ2v) is 4.52. The molecule has 1 fully saturated rings. The molecule has 0 aromatic carbocycles. The Kier molecular flexibility index (Phi) is 1.95. The minimum Gasteiger partial charge on any atom is -0.341 e. The van der Waals surface area contributed by atoms with E-state index in [0.717, 1.165) is 0 Å². The van der Waals surface area contributed by atoms with Gasteiger partial charge in [-0.25, -0.2) is 0 Å². The number of hydrogen-bond donors (Lipinski definition) is 1. The lowest BCUT2D eigenvalue weighted by molar-refractivity contribution is -0.118. The Labute approximate surface area is 65.8 Å². The highest BCUT2D eigenvalue weighted by Gasteiger charge is 2.36. The fraction of sp³-hybridized carbons (Fsp3) is 0.857. The molecule has 2 nitrogen and oxygen atoms in total. The third-order valence-electron chi connectivity index (χ3n) is 1.99. The van der Waals surface area contributed by atoms with Gasteiger partial charge in [-0.1, -0.05) is 13.8 Å². The molecule has 58 valence electrons. The van der Waals surface area contributed by atoms with Crippen LogP contribution >= 0.6 is 11.8 Å². The number of amides is 1. The Morgan fingerprint density at radius 3 is 2.50 bits per heavy atom. The van der Waals surface area contributed by atoms with Crippen molar-refractivity contribution < 1.29 is 4.79 Å². The van der Waals surface area contributed by atoms with Gasteiger partial charge in [0, 0.05) is 0 Å². The van der Waals surface area contributed by atoms with E-state index in [1.165, 1.54) is 0 Å². The molecule has 0 bridgehead atoms. The van der Waals surface area contributed by atoms with Gasteiger partial charge in [0.05, 0.1) is 10.6 Å². The molecule has 1 N–H and O–H groups in total. The lowest BCUT2D eigenvalue weighted by atomic mass is 10.1. The molecule has 1 heterocycles. The minimum atomic E-state index is -0.0168. The summed E-state index contributed by atoms with van der Waals surface area (Å²) >= 11 is 1.70. The van der Waals surface area contributed by atoms with Gasteiger partial charge in [0.1, 0.15) is 0 Å². The third-order valence-corrected chi connectivity index (χ3v) is 3.57. The molecular weight excluding hydrogens is 146 g/mol. The molecule has 1 saturated heterocycles. The highest BCUT2D eigenvalue weighted by molar-refractivity contribution is 8.01. The Morgan fingerprint density at radius 2 is 2.30 bits per heavy atom. The van der Waals surface area contributed by atoms with Gasteiger partial charge >= 0.3 is 0 Å². The van der Waals surface area contributed by atoms with Crippen LogP contribution in [0.1, 0.15) is 20.8 Å². The molecule has 1 amide bonds. The summed E-state index contributed by atoms with van der Waals surface area (Å²) in [6.07, 6.45) is 0. The maximum atomic E-state index is 10.8. The Bertz CT molecular complexity index is 158. The molecule has 0 aromatic heterocycles. The summed E-state index contributed by atoms with van der Waals surface area (Å²) in [7, 11) is 0. The number of carbonyl (C=O) groups excluding carboxylic acids is 1. The van der Waals surface area contributed by atoms with Crippen molar-refractivity contribution in [2.24, 2.45) is 5.92 Å². The van der Waals surface area contributed by atoms with Crippen LogP contribution in [0.25, 0.3) is 0 Å². The quantitative estimate of drug-likeness (QED) is 0.623. The van der Waals surface area contributed by atoms with Gasteiger partial charge in [-0.2, -0.15) is 0 Å². The second kappa shape index (κ2) is 2.46. The first-order valence-electron chi connectivity index (χ1n) is 3.49. The first-order chi connectivity index (χ1) is 4.54. The maximum absolute atomic E-state index is 10.8. The molecule has 0 aromatic rings. The zero-order chi connectivity index (χ0) is 7.78. The van der Waals surface area contributed by atoms with Crippen LogP contribution in [0.15, 0.2) is 0 Å². The van der Waals surface area contributed by atoms with E-state index in [2.05, 4.69) is 26.1 Å². The summed E-state index contributed by atoms with van der Waals surface area (Å²) < 4.78 is 0. The minimum absolute atomic E-state index is 0.0168. The van der Waals surface area contributed by atoms with Crippen molar-refractivity contribution in [3.05, 3.63) is 0 Å². The summed E-state index contributed by atoms with van der Waals surface area (Å²) in [5.41, 5.74) is 0. The van der Waals surface area contributed by atoms with Gasteiger partial charge < -0.3 is 5.32 Å². The predicted molar refractivity (Wildman–Crippen MR) is 43.8 cm³/mol. The average Bonchev–Trinajstić information content (AvgIpc) is 2.13. The normalized spacial score (nSPS) is 33.0. The second-order valence-electron chi connectivity index (χ2n) is 3.10. The van der Waals surface area contributed by atoms with Gasteiger partial charge in [0.15, 0.2) is 0 Å². The molecule has 0 aliphatic carbocycles. The van der Waals surface area contributed by atoms with E-state index < -0.39 is 0 Å². The topological polar surface area (TPSA) is 29.1 Å². The Balaban J connectivity index is 2.63. The number of hydrogen-bond acceptors (Lipinski definition) is 2. The van der Waals surface area contributed by atoms with E-state index in [0.29, 0.717) is 11.7 Å². The van der Waals surface area contributed by atoms with Crippen LogP contribution < -0.4 is 5.32 Å². The molecule has 1 aliphatic heterocycles. The van der Waals surface area contributed by atoms with Crippen molar-refractivity contribution in [2.75, 3.05) is 5.75 Å². The third kappa shape index (κ3) is 1.29. The molecule has 1 aliphatic rings. The van der Waals surface area contributed by atoms with Crippen molar-refractivity contribution in [1.29, 1.82) is 0 Å². The summed E-state index contributed by atoms with van der Waals surface area (Å²) in [4.78, 5) is 10.8. The van der Waals surface area contributed by atoms with Crippen LogP contribution in [0.4, 0.5) is 0 Å².